The summed E-state index contributed by atoms with van der Waals surface area (Å²) in [6.45, 7) is 14.0. The quantitative estimate of drug-likeness (QED) is 0.781. The van der Waals surface area contributed by atoms with Gasteiger partial charge in [0.25, 0.3) is 0 Å². The molecule has 4 fully saturated rings. The molecule has 2 saturated heterocycles. The molecule has 2 saturated carbocycles. The van der Waals surface area contributed by atoms with Crippen LogP contribution in [0, 0.1) is 11.3 Å². The fraction of sp³-hybridized carbons (Fsp3) is 0.952. The number of carbonyl (C=O) groups is 1. The van der Waals surface area contributed by atoms with Crippen molar-refractivity contribution in [3.8, 4) is 0 Å². The summed E-state index contributed by atoms with van der Waals surface area (Å²) in [6, 6.07) is 2.35. The first kappa shape index (κ1) is 17.9. The van der Waals surface area contributed by atoms with Gasteiger partial charge in [0.1, 0.15) is 5.78 Å². The first-order valence-electron chi connectivity index (χ1n) is 10.7. The number of likely N-dealkylation sites (tertiary alicyclic amines) is 1. The molecule has 4 nitrogen and oxygen atoms in total. The van der Waals surface area contributed by atoms with Crippen LogP contribution in [-0.2, 0) is 4.79 Å². The molecule has 0 N–H and O–H groups in total. The van der Waals surface area contributed by atoms with Crippen molar-refractivity contribution in [2.45, 2.75) is 77.4 Å². The summed E-state index contributed by atoms with van der Waals surface area (Å²) in [6.07, 6.45) is 7.84. The summed E-state index contributed by atoms with van der Waals surface area (Å²) in [4.78, 5) is 19.6. The molecule has 0 unspecified atom stereocenters. The first-order valence-corrected chi connectivity index (χ1v) is 10.7. The fourth-order valence-electron chi connectivity index (χ4n) is 6.04. The number of piperidine rings is 1. The third kappa shape index (κ3) is 3.54. The Morgan fingerprint density at radius 3 is 1.92 bits per heavy atom. The fourth-order valence-corrected chi connectivity index (χ4v) is 6.04. The van der Waals surface area contributed by atoms with Crippen LogP contribution in [0.5, 0.6) is 0 Å². The van der Waals surface area contributed by atoms with E-state index < -0.39 is 0 Å². The van der Waals surface area contributed by atoms with Gasteiger partial charge in [0.05, 0.1) is 0 Å². The molecular formula is C21H37N3O. The van der Waals surface area contributed by atoms with Gasteiger partial charge in [0.2, 0.25) is 0 Å². The van der Waals surface area contributed by atoms with Gasteiger partial charge >= 0.3 is 0 Å². The van der Waals surface area contributed by atoms with Crippen molar-refractivity contribution in [1.29, 1.82) is 0 Å². The zero-order valence-corrected chi connectivity index (χ0v) is 16.5. The van der Waals surface area contributed by atoms with E-state index in [1.54, 1.807) is 6.92 Å². The second-order valence-corrected chi connectivity index (χ2v) is 9.71. The second kappa shape index (κ2) is 6.94. The number of rotatable bonds is 4. The van der Waals surface area contributed by atoms with Crippen LogP contribution in [0.2, 0.25) is 0 Å². The first-order chi connectivity index (χ1) is 12.0. The van der Waals surface area contributed by atoms with Gasteiger partial charge in [0, 0.05) is 50.2 Å². The highest BCUT2D eigenvalue weighted by Crippen LogP contribution is 2.60. The molecule has 0 atom stereocenters. The number of hydrogen-bond acceptors (Lipinski definition) is 4. The summed E-state index contributed by atoms with van der Waals surface area (Å²) in [7, 11) is 0. The second-order valence-electron chi connectivity index (χ2n) is 9.71. The molecule has 2 heterocycles. The molecule has 2 aliphatic carbocycles. The van der Waals surface area contributed by atoms with Crippen LogP contribution in [0.1, 0.15) is 59.3 Å². The number of hydrogen-bond donors (Lipinski definition) is 0. The predicted octanol–water partition coefficient (Wildman–Crippen LogP) is 2.62. The van der Waals surface area contributed by atoms with Gasteiger partial charge in [-0.1, -0.05) is 0 Å². The van der Waals surface area contributed by atoms with Crippen LogP contribution in [0.3, 0.4) is 0 Å². The standard InChI is InChI=1S/C21H37N3O/c1-16(2)22-8-10-24(11-9-22)19-4-6-23(7-5-19)20-14-21(15-20)12-18(13-21)17(3)25/h16,18-20H,4-15H2,1-3H3. The topological polar surface area (TPSA) is 26.8 Å². The molecule has 1 spiro atoms. The minimum absolute atomic E-state index is 0.399. The molecule has 0 aromatic carbocycles. The van der Waals surface area contributed by atoms with E-state index in [1.165, 1.54) is 77.8 Å². The molecule has 0 aromatic heterocycles. The van der Waals surface area contributed by atoms with Crippen molar-refractivity contribution in [3.63, 3.8) is 0 Å². The van der Waals surface area contributed by atoms with Crippen molar-refractivity contribution < 1.29 is 4.79 Å². The van der Waals surface area contributed by atoms with E-state index in [4.69, 9.17) is 0 Å². The average Bonchev–Trinajstić information content (AvgIpc) is 2.52. The number of ketones is 1. The molecule has 0 radical (unpaired) electrons. The Hall–Kier alpha value is -0.450. The molecular weight excluding hydrogens is 310 g/mol. The van der Waals surface area contributed by atoms with Crippen LogP contribution < -0.4 is 0 Å². The maximum atomic E-state index is 11.5. The molecule has 4 heteroatoms. The largest absolute Gasteiger partial charge is 0.300 e. The molecule has 0 aromatic rings. The third-order valence-electron chi connectivity index (χ3n) is 7.88. The highest BCUT2D eigenvalue weighted by atomic mass is 16.1. The van der Waals surface area contributed by atoms with E-state index in [0.29, 0.717) is 23.2 Å². The van der Waals surface area contributed by atoms with Crippen LogP contribution in [0.15, 0.2) is 0 Å². The molecule has 2 aliphatic heterocycles. The average molecular weight is 348 g/mol. The Morgan fingerprint density at radius 2 is 1.40 bits per heavy atom. The third-order valence-corrected chi connectivity index (χ3v) is 7.88. The smallest absolute Gasteiger partial charge is 0.132 e. The minimum atomic E-state index is 0.399. The van der Waals surface area contributed by atoms with Crippen LogP contribution in [0.25, 0.3) is 0 Å². The van der Waals surface area contributed by atoms with Gasteiger partial charge in [-0.2, -0.15) is 0 Å². The summed E-state index contributed by atoms with van der Waals surface area (Å²) >= 11 is 0. The molecule has 4 rings (SSSR count). The van der Waals surface area contributed by atoms with Gasteiger partial charge in [0.15, 0.2) is 0 Å². The maximum Gasteiger partial charge on any atom is 0.132 e. The van der Waals surface area contributed by atoms with E-state index in [2.05, 4.69) is 28.5 Å². The van der Waals surface area contributed by atoms with Gasteiger partial charge in [-0.25, -0.2) is 0 Å². The highest BCUT2D eigenvalue weighted by Gasteiger charge is 2.55. The lowest BCUT2D eigenvalue weighted by atomic mass is 9.49. The van der Waals surface area contributed by atoms with Crippen molar-refractivity contribution in [1.82, 2.24) is 14.7 Å². The minimum Gasteiger partial charge on any atom is -0.300 e. The summed E-state index contributed by atoms with van der Waals surface area (Å²) in [5.41, 5.74) is 0.574. The highest BCUT2D eigenvalue weighted by molar-refractivity contribution is 5.79. The van der Waals surface area contributed by atoms with E-state index in [-0.39, 0.29) is 0 Å². The lowest BCUT2D eigenvalue weighted by Crippen LogP contribution is -2.60. The lowest BCUT2D eigenvalue weighted by Gasteiger charge is -2.60. The predicted molar refractivity (Wildman–Crippen MR) is 102 cm³/mol. The number of Topliss-reactive ketones (excluding diaryl/α,β-unsaturated/α-hetero) is 1. The van der Waals surface area contributed by atoms with E-state index >= 15 is 0 Å². The van der Waals surface area contributed by atoms with Gasteiger partial charge < -0.3 is 4.90 Å². The van der Waals surface area contributed by atoms with E-state index in [0.717, 1.165) is 12.1 Å². The van der Waals surface area contributed by atoms with Crippen molar-refractivity contribution in [2.75, 3.05) is 39.3 Å². The summed E-state index contributed by atoms with van der Waals surface area (Å²) < 4.78 is 0. The summed E-state index contributed by atoms with van der Waals surface area (Å²) in [5, 5.41) is 0. The summed E-state index contributed by atoms with van der Waals surface area (Å²) in [5.74, 6) is 0.823. The Kier molecular flexibility index (Phi) is 4.98. The Balaban J connectivity index is 1.17. The van der Waals surface area contributed by atoms with Crippen LogP contribution in [-0.4, -0.2) is 77.9 Å². The SMILES string of the molecule is CC(=O)C1CC2(C1)CC(N1CCC(N3CCN(C(C)C)CC3)CC1)C2. The van der Waals surface area contributed by atoms with Gasteiger partial charge in [-0.05, 0) is 77.8 Å². The molecule has 25 heavy (non-hydrogen) atoms. The zero-order valence-electron chi connectivity index (χ0n) is 16.5. The lowest BCUT2D eigenvalue weighted by molar-refractivity contribution is -0.140. The normalized spacial score (nSPS) is 38.7. The zero-order chi connectivity index (χ0) is 17.6. The van der Waals surface area contributed by atoms with Crippen molar-refractivity contribution in [3.05, 3.63) is 0 Å². The van der Waals surface area contributed by atoms with E-state index in [9.17, 15) is 4.79 Å². The van der Waals surface area contributed by atoms with Crippen molar-refractivity contribution >= 4 is 5.78 Å². The number of carbonyl (C=O) groups excluding carboxylic acids is 1. The van der Waals surface area contributed by atoms with Crippen LogP contribution >= 0.6 is 0 Å². The van der Waals surface area contributed by atoms with Crippen molar-refractivity contribution in [2.24, 2.45) is 11.3 Å². The molecule has 142 valence electrons. The van der Waals surface area contributed by atoms with E-state index in [1.807, 2.05) is 0 Å². The Bertz CT molecular complexity index is 475. The number of nitrogens with zero attached hydrogens (tertiary/aromatic N) is 3. The number of piperazine rings is 1. The van der Waals surface area contributed by atoms with Gasteiger partial charge in [-0.3, -0.25) is 14.6 Å². The Labute approximate surface area is 153 Å². The molecule has 0 amide bonds. The monoisotopic (exact) mass is 347 g/mol. The molecule has 0 bridgehead atoms. The molecule has 4 aliphatic rings. The maximum absolute atomic E-state index is 11.5. The van der Waals surface area contributed by atoms with Crippen LogP contribution in [0.4, 0.5) is 0 Å². The van der Waals surface area contributed by atoms with Gasteiger partial charge in [-0.15, -0.1) is 0 Å². The Morgan fingerprint density at radius 1 is 0.840 bits per heavy atom.